The molecule has 0 fully saturated rings. The number of sulfonamides is 1. The van der Waals surface area contributed by atoms with Crippen LogP contribution in [-0.4, -0.2) is 25.1 Å². The second-order valence-electron chi connectivity index (χ2n) is 5.24. The smallest absolute Gasteiger partial charge is 0.242 e. The zero-order valence-corrected chi connectivity index (χ0v) is 13.8. The molecule has 0 amide bonds. The van der Waals surface area contributed by atoms with Crippen LogP contribution in [0.25, 0.3) is 0 Å². The Morgan fingerprint density at radius 1 is 1.32 bits per heavy atom. The van der Waals surface area contributed by atoms with Gasteiger partial charge in [-0.1, -0.05) is 41.9 Å². The van der Waals surface area contributed by atoms with Crippen LogP contribution >= 0.6 is 11.6 Å². The number of rotatable bonds is 5. The van der Waals surface area contributed by atoms with Gasteiger partial charge in [0.2, 0.25) is 10.0 Å². The number of aromatic nitrogens is 1. The van der Waals surface area contributed by atoms with Crippen molar-refractivity contribution in [1.82, 2.24) is 9.71 Å². The van der Waals surface area contributed by atoms with E-state index < -0.39 is 15.6 Å². The van der Waals surface area contributed by atoms with E-state index in [1.54, 1.807) is 38.1 Å². The zero-order chi connectivity index (χ0) is 16.4. The first kappa shape index (κ1) is 16.9. The Hall–Kier alpha value is -1.47. The summed E-state index contributed by atoms with van der Waals surface area (Å²) in [5, 5.41) is 10.7. The van der Waals surface area contributed by atoms with E-state index in [-0.39, 0.29) is 16.6 Å². The predicted octanol–water partition coefficient (Wildman–Crippen LogP) is 2.23. The fourth-order valence-corrected chi connectivity index (χ4v) is 3.16. The molecule has 1 aromatic carbocycles. The summed E-state index contributed by atoms with van der Waals surface area (Å²) in [6.07, 6.45) is 1.19. The maximum absolute atomic E-state index is 12.3. The lowest BCUT2D eigenvalue weighted by molar-refractivity contribution is 0.0627. The Bertz CT molecular complexity index is 762. The van der Waals surface area contributed by atoms with Crippen LogP contribution in [0.15, 0.2) is 47.5 Å². The second-order valence-corrected chi connectivity index (χ2v) is 7.37. The van der Waals surface area contributed by atoms with Crippen molar-refractivity contribution in [2.24, 2.45) is 0 Å². The molecule has 1 heterocycles. The van der Waals surface area contributed by atoms with Crippen LogP contribution in [0.2, 0.25) is 5.15 Å². The third-order valence-corrected chi connectivity index (χ3v) is 5.07. The number of aliphatic hydroxyl groups is 1. The summed E-state index contributed by atoms with van der Waals surface area (Å²) in [6, 6.07) is 10.3. The first-order valence-corrected chi connectivity index (χ1v) is 8.48. The summed E-state index contributed by atoms with van der Waals surface area (Å²) in [5.41, 5.74) is -0.120. The SMILES string of the molecule is Cc1cc(S(=O)(=O)NCC(C)(O)c2ccccc2)cnc1Cl. The van der Waals surface area contributed by atoms with E-state index in [0.717, 1.165) is 0 Å². The van der Waals surface area contributed by atoms with Gasteiger partial charge in [-0.15, -0.1) is 0 Å². The van der Waals surface area contributed by atoms with Crippen molar-refractivity contribution in [1.29, 1.82) is 0 Å². The molecular formula is C15H17ClN2O3S. The fourth-order valence-electron chi connectivity index (χ4n) is 1.90. The molecule has 0 aliphatic heterocycles. The average Bonchev–Trinajstić information content (AvgIpc) is 2.49. The summed E-state index contributed by atoms with van der Waals surface area (Å²) in [7, 11) is -3.77. The van der Waals surface area contributed by atoms with Crippen LogP contribution < -0.4 is 4.72 Å². The predicted molar refractivity (Wildman–Crippen MR) is 85.2 cm³/mol. The molecule has 0 saturated carbocycles. The number of nitrogens with zero attached hydrogens (tertiary/aromatic N) is 1. The summed E-state index contributed by atoms with van der Waals surface area (Å²) < 4.78 is 26.9. The largest absolute Gasteiger partial charge is 0.384 e. The van der Waals surface area contributed by atoms with Gasteiger partial charge in [-0.25, -0.2) is 18.1 Å². The van der Waals surface area contributed by atoms with Gasteiger partial charge in [0.1, 0.15) is 15.6 Å². The van der Waals surface area contributed by atoms with Gasteiger partial charge in [0.15, 0.2) is 0 Å². The number of hydrogen-bond acceptors (Lipinski definition) is 4. The molecule has 0 radical (unpaired) electrons. The average molecular weight is 341 g/mol. The van der Waals surface area contributed by atoms with Crippen LogP contribution in [0.1, 0.15) is 18.1 Å². The van der Waals surface area contributed by atoms with Crippen LogP contribution in [0.3, 0.4) is 0 Å². The van der Waals surface area contributed by atoms with E-state index in [9.17, 15) is 13.5 Å². The second kappa shape index (κ2) is 6.34. The normalized spacial score (nSPS) is 14.5. The van der Waals surface area contributed by atoms with Crippen molar-refractivity contribution in [3.8, 4) is 0 Å². The maximum atomic E-state index is 12.3. The van der Waals surface area contributed by atoms with Crippen LogP contribution in [0.5, 0.6) is 0 Å². The van der Waals surface area contributed by atoms with Crippen LogP contribution in [0.4, 0.5) is 0 Å². The van der Waals surface area contributed by atoms with Gasteiger partial charge in [-0.3, -0.25) is 0 Å². The maximum Gasteiger partial charge on any atom is 0.242 e. The van der Waals surface area contributed by atoms with Crippen molar-refractivity contribution in [3.05, 3.63) is 58.9 Å². The van der Waals surface area contributed by atoms with E-state index in [4.69, 9.17) is 11.6 Å². The Kier molecular flexibility index (Phi) is 4.87. The van der Waals surface area contributed by atoms with Gasteiger partial charge in [-0.2, -0.15) is 0 Å². The molecule has 2 N–H and O–H groups in total. The molecular weight excluding hydrogens is 324 g/mol. The lowest BCUT2D eigenvalue weighted by Crippen LogP contribution is -2.38. The molecule has 1 atom stereocenters. The summed E-state index contributed by atoms with van der Waals surface area (Å²) >= 11 is 5.79. The van der Waals surface area contributed by atoms with E-state index in [1.807, 2.05) is 6.07 Å². The number of pyridine rings is 1. The monoisotopic (exact) mass is 340 g/mol. The fraction of sp³-hybridized carbons (Fsp3) is 0.267. The van der Waals surface area contributed by atoms with Gasteiger partial charge in [0, 0.05) is 12.7 Å². The molecule has 7 heteroatoms. The van der Waals surface area contributed by atoms with Gasteiger partial charge in [-0.05, 0) is 31.0 Å². The van der Waals surface area contributed by atoms with E-state index >= 15 is 0 Å². The minimum absolute atomic E-state index is 0.0123. The van der Waals surface area contributed by atoms with E-state index in [1.165, 1.54) is 12.3 Å². The Labute approximate surface area is 135 Å². The molecule has 2 aromatic rings. The van der Waals surface area contributed by atoms with Crippen LogP contribution in [0, 0.1) is 6.92 Å². The van der Waals surface area contributed by atoms with E-state index in [2.05, 4.69) is 9.71 Å². The molecule has 22 heavy (non-hydrogen) atoms. The minimum Gasteiger partial charge on any atom is -0.384 e. The first-order chi connectivity index (χ1) is 10.2. The van der Waals surface area contributed by atoms with Crippen molar-refractivity contribution < 1.29 is 13.5 Å². The molecule has 0 saturated heterocycles. The summed E-state index contributed by atoms with van der Waals surface area (Å²) in [5.74, 6) is 0. The van der Waals surface area contributed by atoms with Gasteiger partial charge < -0.3 is 5.11 Å². The van der Waals surface area contributed by atoms with Crippen molar-refractivity contribution in [2.45, 2.75) is 24.3 Å². The lowest BCUT2D eigenvalue weighted by Gasteiger charge is -2.24. The highest BCUT2D eigenvalue weighted by molar-refractivity contribution is 7.89. The number of halogens is 1. The molecule has 0 aliphatic carbocycles. The van der Waals surface area contributed by atoms with Crippen molar-refractivity contribution in [2.75, 3.05) is 6.54 Å². The lowest BCUT2D eigenvalue weighted by atomic mass is 9.97. The molecule has 5 nitrogen and oxygen atoms in total. The van der Waals surface area contributed by atoms with Crippen LogP contribution in [-0.2, 0) is 15.6 Å². The zero-order valence-electron chi connectivity index (χ0n) is 12.2. The molecule has 118 valence electrons. The van der Waals surface area contributed by atoms with Crippen molar-refractivity contribution in [3.63, 3.8) is 0 Å². The summed E-state index contributed by atoms with van der Waals surface area (Å²) in [4.78, 5) is 3.84. The van der Waals surface area contributed by atoms with Gasteiger partial charge in [0.25, 0.3) is 0 Å². The number of hydrogen-bond donors (Lipinski definition) is 2. The molecule has 1 unspecified atom stereocenters. The number of benzene rings is 1. The molecule has 2 rings (SSSR count). The highest BCUT2D eigenvalue weighted by Crippen LogP contribution is 2.21. The third kappa shape index (κ3) is 3.84. The van der Waals surface area contributed by atoms with E-state index in [0.29, 0.717) is 11.1 Å². The summed E-state index contributed by atoms with van der Waals surface area (Å²) in [6.45, 7) is 3.08. The van der Waals surface area contributed by atoms with Gasteiger partial charge in [0.05, 0.1) is 0 Å². The number of nitrogens with one attached hydrogen (secondary N) is 1. The number of aryl methyl sites for hydroxylation is 1. The highest BCUT2D eigenvalue weighted by Gasteiger charge is 2.26. The third-order valence-electron chi connectivity index (χ3n) is 3.30. The van der Waals surface area contributed by atoms with Gasteiger partial charge >= 0.3 is 0 Å². The minimum atomic E-state index is -3.77. The van der Waals surface area contributed by atoms with Crippen molar-refractivity contribution >= 4 is 21.6 Å². The quantitative estimate of drug-likeness (QED) is 0.818. The molecule has 1 aromatic heterocycles. The molecule has 0 bridgehead atoms. The molecule has 0 spiro atoms. The Morgan fingerprint density at radius 2 is 1.95 bits per heavy atom. The first-order valence-electron chi connectivity index (χ1n) is 6.62. The Morgan fingerprint density at radius 3 is 2.55 bits per heavy atom. The molecule has 0 aliphatic rings. The Balaban J connectivity index is 2.17. The topological polar surface area (TPSA) is 79.3 Å². The highest BCUT2D eigenvalue weighted by atomic mass is 35.5. The standard InChI is InChI=1S/C15H17ClN2O3S/c1-11-8-13(9-17-14(11)16)22(20,21)18-10-15(2,19)12-6-4-3-5-7-12/h3-9,18-19H,10H2,1-2H3.